The van der Waals surface area contributed by atoms with Crippen molar-refractivity contribution in [3.63, 3.8) is 0 Å². The molecule has 0 amide bonds. The van der Waals surface area contributed by atoms with E-state index in [9.17, 15) is 4.79 Å². The van der Waals surface area contributed by atoms with E-state index in [2.05, 4.69) is 11.8 Å². The van der Waals surface area contributed by atoms with Crippen molar-refractivity contribution in [3.8, 4) is 0 Å². The molecule has 1 saturated carbocycles. The Morgan fingerprint density at radius 1 is 1.50 bits per heavy atom. The number of halogens is 1. The van der Waals surface area contributed by atoms with Gasteiger partial charge < -0.3 is 15.4 Å². The van der Waals surface area contributed by atoms with Crippen LogP contribution in [0.5, 0.6) is 0 Å². The number of rotatable bonds is 6. The smallest absolute Gasteiger partial charge is 0.340 e. The highest BCUT2D eigenvalue weighted by molar-refractivity contribution is 6.34. The van der Waals surface area contributed by atoms with E-state index in [4.69, 9.17) is 22.1 Å². The van der Waals surface area contributed by atoms with Crippen LogP contribution in [-0.4, -0.2) is 26.2 Å². The van der Waals surface area contributed by atoms with Crippen molar-refractivity contribution < 1.29 is 9.53 Å². The summed E-state index contributed by atoms with van der Waals surface area (Å²) in [4.78, 5) is 14.2. The van der Waals surface area contributed by atoms with Gasteiger partial charge in [0.1, 0.15) is 0 Å². The van der Waals surface area contributed by atoms with Gasteiger partial charge in [0, 0.05) is 18.8 Å². The molecule has 1 aromatic rings. The maximum atomic E-state index is 12.0. The average molecular weight is 297 g/mol. The molecule has 0 atom stereocenters. The predicted molar refractivity (Wildman–Crippen MR) is 82.4 cm³/mol. The Morgan fingerprint density at radius 2 is 2.20 bits per heavy atom. The molecule has 0 bridgehead atoms. The highest BCUT2D eigenvalue weighted by Crippen LogP contribution is 2.37. The molecule has 0 heterocycles. The summed E-state index contributed by atoms with van der Waals surface area (Å²) in [5.41, 5.74) is 7.47. The molecule has 0 radical (unpaired) electrons. The molecule has 1 aliphatic rings. The summed E-state index contributed by atoms with van der Waals surface area (Å²) in [5, 5.41) is 0.513. The van der Waals surface area contributed by atoms with Crippen molar-refractivity contribution >= 4 is 28.9 Å². The molecule has 1 aliphatic carbocycles. The molecular weight excluding hydrogens is 276 g/mol. The van der Waals surface area contributed by atoms with E-state index in [1.165, 1.54) is 20.0 Å². The third kappa shape index (κ3) is 3.37. The van der Waals surface area contributed by atoms with E-state index < -0.39 is 5.97 Å². The quantitative estimate of drug-likeness (QED) is 0.646. The van der Waals surface area contributed by atoms with Gasteiger partial charge in [0.2, 0.25) is 0 Å². The Labute approximate surface area is 124 Å². The van der Waals surface area contributed by atoms with Crippen LogP contribution in [0.3, 0.4) is 0 Å². The van der Waals surface area contributed by atoms with Crippen molar-refractivity contribution in [1.82, 2.24) is 0 Å². The van der Waals surface area contributed by atoms with Crippen molar-refractivity contribution in [2.24, 2.45) is 5.92 Å². The molecule has 0 spiro atoms. The topological polar surface area (TPSA) is 55.6 Å². The third-order valence-corrected chi connectivity index (χ3v) is 3.76. The van der Waals surface area contributed by atoms with Gasteiger partial charge in [-0.15, -0.1) is 0 Å². The summed E-state index contributed by atoms with van der Waals surface area (Å²) in [7, 11) is 1.37. The fraction of sp³-hybridized carbons (Fsp3) is 0.533. The zero-order valence-corrected chi connectivity index (χ0v) is 12.7. The fourth-order valence-corrected chi connectivity index (χ4v) is 2.73. The number of methoxy groups -OCH3 is 1. The molecule has 0 aromatic heterocycles. The predicted octanol–water partition coefficient (Wildman–Crippen LogP) is 3.34. The van der Waals surface area contributed by atoms with E-state index in [1.54, 1.807) is 12.1 Å². The lowest BCUT2D eigenvalue weighted by atomic mass is 10.1. The molecule has 2 N–H and O–H groups in total. The van der Waals surface area contributed by atoms with Gasteiger partial charge in [0.25, 0.3) is 0 Å². The van der Waals surface area contributed by atoms with Gasteiger partial charge in [-0.25, -0.2) is 4.79 Å². The first kappa shape index (κ1) is 15.0. The zero-order valence-electron chi connectivity index (χ0n) is 12.0. The highest BCUT2D eigenvalue weighted by atomic mass is 35.5. The Morgan fingerprint density at radius 3 is 2.75 bits per heavy atom. The SMILES string of the molecule is CCCN(CC1CC1)c1c(Cl)cc(N)cc1C(=O)OC. The number of carbonyl (C=O) groups is 1. The van der Waals surface area contributed by atoms with Crippen LogP contribution in [-0.2, 0) is 4.74 Å². The molecule has 20 heavy (non-hydrogen) atoms. The van der Waals surface area contributed by atoms with Crippen molar-refractivity contribution in [3.05, 3.63) is 22.7 Å². The normalized spacial score (nSPS) is 14.2. The number of nitrogens with zero attached hydrogens (tertiary/aromatic N) is 1. The Hall–Kier alpha value is -1.42. The minimum Gasteiger partial charge on any atom is -0.465 e. The first-order valence-electron chi connectivity index (χ1n) is 6.99. The number of ether oxygens (including phenoxy) is 1. The molecule has 0 saturated heterocycles. The standard InChI is InChI=1S/C15H21ClN2O2/c1-3-6-18(9-10-4-5-10)14-12(15(19)20-2)7-11(17)8-13(14)16/h7-8,10H,3-6,9,17H2,1-2H3. The molecule has 2 rings (SSSR count). The van der Waals surface area contributed by atoms with Crippen LogP contribution in [0.1, 0.15) is 36.5 Å². The Kier molecular flexibility index (Phi) is 4.76. The van der Waals surface area contributed by atoms with Crippen molar-refractivity contribution in [2.75, 3.05) is 30.8 Å². The number of carbonyl (C=O) groups excluding carboxylic acids is 1. The molecule has 1 aromatic carbocycles. The van der Waals surface area contributed by atoms with E-state index in [0.717, 1.165) is 25.2 Å². The lowest BCUT2D eigenvalue weighted by Crippen LogP contribution is -2.29. The van der Waals surface area contributed by atoms with Crippen LogP contribution < -0.4 is 10.6 Å². The summed E-state index contributed by atoms with van der Waals surface area (Å²) >= 11 is 6.34. The number of esters is 1. The first-order chi connectivity index (χ1) is 9.56. The summed E-state index contributed by atoms with van der Waals surface area (Å²) in [6.45, 7) is 3.91. The number of nitrogens with two attached hydrogens (primary N) is 1. The minimum absolute atomic E-state index is 0.397. The second-order valence-electron chi connectivity index (χ2n) is 5.28. The Bertz CT molecular complexity index is 501. The highest BCUT2D eigenvalue weighted by Gasteiger charge is 2.28. The summed E-state index contributed by atoms with van der Waals surface area (Å²) in [6, 6.07) is 3.33. The maximum absolute atomic E-state index is 12.0. The van der Waals surface area contributed by atoms with Gasteiger partial charge in [0.05, 0.1) is 23.4 Å². The lowest BCUT2D eigenvalue weighted by molar-refractivity contribution is 0.0601. The van der Waals surface area contributed by atoms with Gasteiger partial charge in [0.15, 0.2) is 0 Å². The zero-order chi connectivity index (χ0) is 14.7. The van der Waals surface area contributed by atoms with Gasteiger partial charge in [-0.05, 0) is 37.3 Å². The number of hydrogen-bond acceptors (Lipinski definition) is 4. The van der Waals surface area contributed by atoms with Gasteiger partial charge in [-0.1, -0.05) is 18.5 Å². The Balaban J connectivity index is 2.41. The molecule has 1 fully saturated rings. The third-order valence-electron chi connectivity index (χ3n) is 3.48. The second kappa shape index (κ2) is 6.35. The summed E-state index contributed by atoms with van der Waals surface area (Å²) in [6.07, 6.45) is 3.49. The van der Waals surface area contributed by atoms with E-state index in [0.29, 0.717) is 22.2 Å². The monoisotopic (exact) mass is 296 g/mol. The minimum atomic E-state index is -0.397. The lowest BCUT2D eigenvalue weighted by Gasteiger charge is -2.27. The molecule has 4 nitrogen and oxygen atoms in total. The molecule has 110 valence electrons. The summed E-state index contributed by atoms with van der Waals surface area (Å²) in [5.74, 6) is 0.312. The number of nitrogen functional groups attached to an aromatic ring is 1. The van der Waals surface area contributed by atoms with Crippen LogP contribution in [0.15, 0.2) is 12.1 Å². The summed E-state index contributed by atoms with van der Waals surface area (Å²) < 4.78 is 4.86. The van der Waals surface area contributed by atoms with Crippen LogP contribution in [0.2, 0.25) is 5.02 Å². The van der Waals surface area contributed by atoms with Crippen LogP contribution >= 0.6 is 11.6 Å². The van der Waals surface area contributed by atoms with Crippen LogP contribution in [0.4, 0.5) is 11.4 Å². The fourth-order valence-electron chi connectivity index (χ4n) is 2.38. The maximum Gasteiger partial charge on any atom is 0.340 e. The first-order valence-corrected chi connectivity index (χ1v) is 7.36. The van der Waals surface area contributed by atoms with E-state index >= 15 is 0 Å². The molecule has 5 heteroatoms. The second-order valence-corrected chi connectivity index (χ2v) is 5.69. The van der Waals surface area contributed by atoms with E-state index in [1.807, 2.05) is 0 Å². The van der Waals surface area contributed by atoms with Crippen LogP contribution in [0.25, 0.3) is 0 Å². The number of benzene rings is 1. The van der Waals surface area contributed by atoms with E-state index in [-0.39, 0.29) is 0 Å². The van der Waals surface area contributed by atoms with Crippen molar-refractivity contribution in [1.29, 1.82) is 0 Å². The van der Waals surface area contributed by atoms with Crippen molar-refractivity contribution in [2.45, 2.75) is 26.2 Å². The van der Waals surface area contributed by atoms with Gasteiger partial charge in [-0.3, -0.25) is 0 Å². The van der Waals surface area contributed by atoms with Gasteiger partial charge >= 0.3 is 5.97 Å². The average Bonchev–Trinajstić information content (AvgIpc) is 3.20. The molecule has 0 aliphatic heterocycles. The van der Waals surface area contributed by atoms with Crippen LogP contribution in [0, 0.1) is 5.92 Å². The number of hydrogen-bond donors (Lipinski definition) is 1. The largest absolute Gasteiger partial charge is 0.465 e. The van der Waals surface area contributed by atoms with Gasteiger partial charge in [-0.2, -0.15) is 0 Å². The molecular formula is C15H21ClN2O2. The number of anilines is 2. The molecule has 0 unspecified atom stereocenters.